The van der Waals surface area contributed by atoms with Gasteiger partial charge in [0.15, 0.2) is 10.3 Å². The van der Waals surface area contributed by atoms with Crippen LogP contribution in [0.5, 0.6) is 0 Å². The fourth-order valence-electron chi connectivity index (χ4n) is 1.04. The van der Waals surface area contributed by atoms with E-state index in [0.717, 1.165) is 17.5 Å². The molecule has 0 spiro atoms. The Morgan fingerprint density at radius 3 is 3.27 bits per heavy atom. The van der Waals surface area contributed by atoms with Gasteiger partial charge in [0.05, 0.1) is 5.37 Å². The normalized spacial score (nSPS) is 22.9. The van der Waals surface area contributed by atoms with Gasteiger partial charge < -0.3 is 10.2 Å². The topological polar surface area (TPSA) is 39.7 Å². The van der Waals surface area contributed by atoms with E-state index >= 15 is 0 Å². The van der Waals surface area contributed by atoms with Gasteiger partial charge in [-0.1, -0.05) is 17.8 Å². The van der Waals surface area contributed by atoms with Crippen molar-refractivity contribution in [1.29, 1.82) is 0 Å². The smallest absolute Gasteiger partial charge is 0.186 e. The zero-order valence-electron chi connectivity index (χ0n) is 8.43. The number of thioether (sulfide) groups is 1. The number of hydrazone groups is 1. The maximum absolute atomic E-state index is 4.93. The predicted octanol–water partition coefficient (Wildman–Crippen LogP) is 0.842. The molecule has 1 rings (SSSR count). The van der Waals surface area contributed by atoms with Gasteiger partial charge in [0.25, 0.3) is 0 Å². The number of nitrogens with one attached hydrogen (secondary N) is 2. The third-order valence-electron chi connectivity index (χ3n) is 1.77. The molecule has 1 heterocycles. The Kier molecular flexibility index (Phi) is 5.27. The van der Waals surface area contributed by atoms with E-state index in [2.05, 4.69) is 40.0 Å². The van der Waals surface area contributed by atoms with Crippen LogP contribution in [0.2, 0.25) is 0 Å². The second-order valence-corrected chi connectivity index (χ2v) is 4.81. The van der Waals surface area contributed by atoms with Gasteiger partial charge in [-0.15, -0.1) is 11.7 Å². The molecule has 0 saturated carbocycles. The van der Waals surface area contributed by atoms with Crippen LogP contribution >= 0.6 is 36.6 Å². The quantitative estimate of drug-likeness (QED) is 0.304. The number of amidine groups is 1. The summed E-state index contributed by atoms with van der Waals surface area (Å²) in [5, 5.41) is 8.58. The molecule has 15 heavy (non-hydrogen) atoms. The summed E-state index contributed by atoms with van der Waals surface area (Å²) in [6.07, 6.45) is 1.83. The van der Waals surface area contributed by atoms with Crippen LogP contribution in [-0.4, -0.2) is 39.9 Å². The number of thiocarbonyl (C=S) groups is 1. The van der Waals surface area contributed by atoms with E-state index < -0.39 is 0 Å². The van der Waals surface area contributed by atoms with Gasteiger partial charge in [-0.3, -0.25) is 5.43 Å². The van der Waals surface area contributed by atoms with E-state index in [0.29, 0.717) is 5.11 Å². The molecule has 0 aromatic carbocycles. The fraction of sp³-hybridized carbons (Fsp3) is 0.500. The molecule has 4 nitrogen and oxygen atoms in total. The van der Waals surface area contributed by atoms with E-state index in [4.69, 9.17) is 12.2 Å². The zero-order chi connectivity index (χ0) is 11.3. The average molecular weight is 262 g/mol. The van der Waals surface area contributed by atoms with Crippen molar-refractivity contribution in [3.8, 4) is 0 Å². The van der Waals surface area contributed by atoms with Crippen LogP contribution in [0, 0.1) is 0 Å². The molecule has 0 aromatic rings. The Morgan fingerprint density at radius 1 is 1.93 bits per heavy atom. The summed E-state index contributed by atoms with van der Waals surface area (Å²) in [5.41, 5.74) is 2.76. The molecule has 1 aliphatic rings. The molecule has 1 aliphatic heterocycles. The molecule has 1 unspecified atom stereocenters. The summed E-state index contributed by atoms with van der Waals surface area (Å²) < 4.78 is 0. The number of thiol groups is 1. The highest BCUT2D eigenvalue weighted by Gasteiger charge is 2.26. The third kappa shape index (κ3) is 3.58. The summed E-state index contributed by atoms with van der Waals surface area (Å²) in [5.74, 6) is 0.920. The second-order valence-electron chi connectivity index (χ2n) is 2.82. The van der Waals surface area contributed by atoms with Gasteiger partial charge >= 0.3 is 0 Å². The highest BCUT2D eigenvalue weighted by atomic mass is 32.2. The SMILES string of the molecule is C=CCN1/C(=N/NC(=S)NC)SCC1S. The lowest BCUT2D eigenvalue weighted by Crippen LogP contribution is -2.34. The monoisotopic (exact) mass is 262 g/mol. The maximum atomic E-state index is 4.93. The lowest BCUT2D eigenvalue weighted by Gasteiger charge is -2.20. The molecule has 0 radical (unpaired) electrons. The second kappa shape index (κ2) is 6.24. The molecular weight excluding hydrogens is 248 g/mol. The van der Waals surface area contributed by atoms with Gasteiger partial charge in [0.1, 0.15) is 0 Å². The molecule has 0 aromatic heterocycles. The summed E-state index contributed by atoms with van der Waals surface area (Å²) in [6.45, 7) is 4.45. The number of hydrogen-bond acceptors (Lipinski definition) is 4. The van der Waals surface area contributed by atoms with E-state index in [-0.39, 0.29) is 5.37 Å². The van der Waals surface area contributed by atoms with Gasteiger partial charge in [-0.05, 0) is 12.2 Å². The van der Waals surface area contributed by atoms with Crippen LogP contribution in [0.1, 0.15) is 0 Å². The molecule has 7 heteroatoms. The van der Waals surface area contributed by atoms with E-state index in [1.807, 2.05) is 6.08 Å². The Morgan fingerprint density at radius 2 is 2.67 bits per heavy atom. The van der Waals surface area contributed by atoms with Crippen molar-refractivity contribution in [2.45, 2.75) is 5.37 Å². The Hall–Kier alpha value is -0.400. The minimum atomic E-state index is 0.191. The maximum Gasteiger partial charge on any atom is 0.186 e. The molecule has 1 fully saturated rings. The first-order valence-electron chi connectivity index (χ1n) is 4.43. The van der Waals surface area contributed by atoms with Crippen molar-refractivity contribution in [1.82, 2.24) is 15.6 Å². The molecule has 0 bridgehead atoms. The van der Waals surface area contributed by atoms with Gasteiger partial charge in [-0.25, -0.2) is 0 Å². The van der Waals surface area contributed by atoms with Crippen LogP contribution in [0.4, 0.5) is 0 Å². The van der Waals surface area contributed by atoms with E-state index in [1.165, 1.54) is 0 Å². The Bertz CT molecular complexity index is 279. The first kappa shape index (κ1) is 12.7. The predicted molar refractivity (Wildman–Crippen MR) is 74.4 cm³/mol. The molecule has 1 atom stereocenters. The molecule has 84 valence electrons. The third-order valence-corrected chi connectivity index (χ3v) is 3.84. The minimum absolute atomic E-state index is 0.191. The van der Waals surface area contributed by atoms with Crippen LogP contribution < -0.4 is 10.7 Å². The van der Waals surface area contributed by atoms with Crippen LogP contribution in [0.3, 0.4) is 0 Å². The van der Waals surface area contributed by atoms with Crippen molar-refractivity contribution in [2.75, 3.05) is 19.3 Å². The first-order valence-corrected chi connectivity index (χ1v) is 6.34. The highest BCUT2D eigenvalue weighted by molar-refractivity contribution is 8.14. The number of hydrogen-bond donors (Lipinski definition) is 3. The minimum Gasteiger partial charge on any atom is -0.364 e. The van der Waals surface area contributed by atoms with Gasteiger partial charge in [-0.2, -0.15) is 12.6 Å². The van der Waals surface area contributed by atoms with E-state index in [9.17, 15) is 0 Å². The molecule has 2 N–H and O–H groups in total. The molecule has 1 saturated heterocycles. The summed E-state index contributed by atoms with van der Waals surface area (Å²) in [4.78, 5) is 2.06. The first-order chi connectivity index (χ1) is 7.19. The Labute approximate surface area is 105 Å². The van der Waals surface area contributed by atoms with Crippen molar-refractivity contribution < 1.29 is 0 Å². The van der Waals surface area contributed by atoms with Crippen LogP contribution in [0.15, 0.2) is 17.8 Å². The van der Waals surface area contributed by atoms with Gasteiger partial charge in [0.2, 0.25) is 0 Å². The number of nitrogens with zero attached hydrogens (tertiary/aromatic N) is 2. The van der Waals surface area contributed by atoms with Crippen molar-refractivity contribution in [3.05, 3.63) is 12.7 Å². The standard InChI is InChI=1S/C8H14N4S3/c1-3-4-12-6(13)5-15-8(12)11-10-7(14)9-2/h3,6,13H,1,4-5H2,2H3,(H2,9,10,14)/b11-8-. The summed E-state index contributed by atoms with van der Waals surface area (Å²) >= 11 is 11.0. The highest BCUT2D eigenvalue weighted by Crippen LogP contribution is 2.25. The van der Waals surface area contributed by atoms with Gasteiger partial charge in [0, 0.05) is 19.3 Å². The van der Waals surface area contributed by atoms with Crippen molar-refractivity contribution >= 4 is 46.9 Å². The van der Waals surface area contributed by atoms with Crippen LogP contribution in [0.25, 0.3) is 0 Å². The molecule has 0 amide bonds. The lowest BCUT2D eigenvalue weighted by atomic mass is 10.5. The Balaban J connectivity index is 2.59. The summed E-state index contributed by atoms with van der Waals surface area (Å²) in [6, 6.07) is 0. The van der Waals surface area contributed by atoms with Crippen molar-refractivity contribution in [3.63, 3.8) is 0 Å². The fourth-order valence-corrected chi connectivity index (χ4v) is 2.55. The molecule has 0 aliphatic carbocycles. The average Bonchev–Trinajstić information content (AvgIpc) is 2.58. The van der Waals surface area contributed by atoms with E-state index in [1.54, 1.807) is 18.8 Å². The largest absolute Gasteiger partial charge is 0.364 e. The lowest BCUT2D eigenvalue weighted by molar-refractivity contribution is 0.480. The number of rotatable bonds is 3. The van der Waals surface area contributed by atoms with Crippen molar-refractivity contribution in [2.24, 2.45) is 5.10 Å². The van der Waals surface area contributed by atoms with Crippen LogP contribution in [-0.2, 0) is 0 Å². The zero-order valence-corrected chi connectivity index (χ0v) is 11.0. The summed E-state index contributed by atoms with van der Waals surface area (Å²) in [7, 11) is 1.75. The molecular formula is C8H14N4S3.